The Labute approximate surface area is 204 Å². The molecule has 1 N–H and O–H groups in total. The summed E-state index contributed by atoms with van der Waals surface area (Å²) in [6.07, 6.45) is 0.848. The number of aromatic amines is 1. The molecule has 0 saturated carbocycles. The van der Waals surface area contributed by atoms with Gasteiger partial charge in [0.2, 0.25) is 0 Å². The molecule has 7 nitrogen and oxygen atoms in total. The van der Waals surface area contributed by atoms with Gasteiger partial charge in [0.05, 0.1) is 12.1 Å². The van der Waals surface area contributed by atoms with Crippen LogP contribution in [0.1, 0.15) is 28.1 Å². The third-order valence-electron chi connectivity index (χ3n) is 6.23. The van der Waals surface area contributed by atoms with Gasteiger partial charge in [-0.1, -0.05) is 78.9 Å². The Hall–Kier alpha value is -4.10. The zero-order valence-corrected chi connectivity index (χ0v) is 19.8. The molecule has 0 spiro atoms. The number of aryl methyl sites for hydroxylation is 3. The summed E-state index contributed by atoms with van der Waals surface area (Å²) in [6.45, 7) is 4.40. The van der Waals surface area contributed by atoms with Crippen molar-refractivity contribution in [3.05, 3.63) is 123 Å². The zero-order valence-electron chi connectivity index (χ0n) is 19.8. The highest BCUT2D eigenvalue weighted by atomic mass is 16.1. The van der Waals surface area contributed by atoms with Crippen molar-refractivity contribution in [1.82, 2.24) is 30.1 Å². The summed E-state index contributed by atoms with van der Waals surface area (Å²) in [7, 11) is 0. The van der Waals surface area contributed by atoms with Gasteiger partial charge in [0, 0.05) is 25.2 Å². The molecule has 0 aliphatic rings. The standard InChI is InChI=1S/C28H28N6O/c1-21-9-8-14-24-17-25(28(35)29-27(21)24)19-33(18-23-12-6-3-7-13-23)20-26-30-31-32-34(26)16-15-22-10-4-2-5-11-22/h2-14,17H,15-16,18-20H2,1H3,(H,29,35). The van der Waals surface area contributed by atoms with E-state index in [-0.39, 0.29) is 5.56 Å². The van der Waals surface area contributed by atoms with Gasteiger partial charge in [-0.25, -0.2) is 4.68 Å². The maximum Gasteiger partial charge on any atom is 0.252 e. The SMILES string of the molecule is Cc1cccc2cc(CN(Cc3ccccc3)Cc3nnnn3CCc3ccccc3)c(=O)[nH]c12. The number of para-hydroxylation sites is 1. The summed E-state index contributed by atoms with van der Waals surface area (Å²) < 4.78 is 1.86. The molecule has 7 heteroatoms. The normalized spacial score (nSPS) is 11.4. The van der Waals surface area contributed by atoms with Gasteiger partial charge < -0.3 is 4.98 Å². The van der Waals surface area contributed by atoms with Crippen molar-refractivity contribution < 1.29 is 0 Å². The van der Waals surface area contributed by atoms with E-state index in [1.807, 2.05) is 72.3 Å². The van der Waals surface area contributed by atoms with Crippen molar-refractivity contribution in [3.8, 4) is 0 Å². The summed E-state index contributed by atoms with van der Waals surface area (Å²) >= 11 is 0. The number of hydrogen-bond acceptors (Lipinski definition) is 5. The molecule has 176 valence electrons. The summed E-state index contributed by atoms with van der Waals surface area (Å²) in [4.78, 5) is 18.3. The Kier molecular flexibility index (Phi) is 6.77. The molecule has 0 bridgehead atoms. The molecular formula is C28H28N6O. The van der Waals surface area contributed by atoms with E-state index in [1.54, 1.807) is 0 Å². The number of rotatable bonds is 9. The van der Waals surface area contributed by atoms with Crippen LogP contribution < -0.4 is 5.56 Å². The second-order valence-corrected chi connectivity index (χ2v) is 8.85. The minimum Gasteiger partial charge on any atom is -0.321 e. The Morgan fingerprint density at radius 3 is 2.37 bits per heavy atom. The van der Waals surface area contributed by atoms with Crippen LogP contribution in [0.5, 0.6) is 0 Å². The van der Waals surface area contributed by atoms with E-state index in [0.29, 0.717) is 26.2 Å². The number of fused-ring (bicyclic) bond motifs is 1. The number of aromatic nitrogens is 5. The number of H-pyrrole nitrogens is 1. The summed E-state index contributed by atoms with van der Waals surface area (Å²) in [5.41, 5.74) is 5.03. The minimum atomic E-state index is -0.0615. The van der Waals surface area contributed by atoms with Crippen molar-refractivity contribution >= 4 is 10.9 Å². The number of nitrogens with one attached hydrogen (secondary N) is 1. The van der Waals surface area contributed by atoms with Crippen molar-refractivity contribution in [2.75, 3.05) is 0 Å². The number of benzene rings is 3. The molecule has 0 fully saturated rings. The van der Waals surface area contributed by atoms with E-state index in [2.05, 4.69) is 49.7 Å². The maximum atomic E-state index is 13.0. The van der Waals surface area contributed by atoms with Gasteiger partial charge in [0.1, 0.15) is 0 Å². The van der Waals surface area contributed by atoms with Crippen molar-refractivity contribution in [3.63, 3.8) is 0 Å². The van der Waals surface area contributed by atoms with E-state index in [0.717, 1.165) is 34.3 Å². The number of hydrogen-bond donors (Lipinski definition) is 1. The third kappa shape index (κ3) is 5.53. The molecule has 0 aliphatic heterocycles. The molecule has 0 amide bonds. The lowest BCUT2D eigenvalue weighted by molar-refractivity contribution is 0.235. The third-order valence-corrected chi connectivity index (χ3v) is 6.23. The molecule has 0 saturated heterocycles. The van der Waals surface area contributed by atoms with Gasteiger partial charge in [-0.3, -0.25) is 9.69 Å². The highest BCUT2D eigenvalue weighted by Gasteiger charge is 2.16. The van der Waals surface area contributed by atoms with Crippen LogP contribution in [0.25, 0.3) is 10.9 Å². The molecule has 0 unspecified atom stereocenters. The van der Waals surface area contributed by atoms with Crippen LogP contribution in [0.3, 0.4) is 0 Å². The summed E-state index contributed by atoms with van der Waals surface area (Å²) in [6, 6.07) is 28.6. The molecule has 0 radical (unpaired) electrons. The van der Waals surface area contributed by atoms with Crippen molar-refractivity contribution in [2.24, 2.45) is 0 Å². The molecular weight excluding hydrogens is 436 g/mol. The Morgan fingerprint density at radius 2 is 1.60 bits per heavy atom. The minimum absolute atomic E-state index is 0.0615. The average Bonchev–Trinajstić information content (AvgIpc) is 3.32. The Balaban J connectivity index is 1.40. The van der Waals surface area contributed by atoms with Crippen LogP contribution >= 0.6 is 0 Å². The Morgan fingerprint density at radius 1 is 0.857 bits per heavy atom. The molecule has 5 aromatic rings. The fourth-order valence-electron chi connectivity index (χ4n) is 4.39. The quantitative estimate of drug-likeness (QED) is 0.352. The predicted molar refractivity (Wildman–Crippen MR) is 137 cm³/mol. The fraction of sp³-hybridized carbons (Fsp3) is 0.214. The second-order valence-electron chi connectivity index (χ2n) is 8.85. The zero-order chi connectivity index (χ0) is 24.0. The maximum absolute atomic E-state index is 13.0. The lowest BCUT2D eigenvalue weighted by Gasteiger charge is -2.22. The lowest BCUT2D eigenvalue weighted by Crippen LogP contribution is -2.28. The molecule has 2 aromatic heterocycles. The largest absolute Gasteiger partial charge is 0.321 e. The summed E-state index contributed by atoms with van der Waals surface area (Å²) in [5.74, 6) is 0.782. The van der Waals surface area contributed by atoms with Gasteiger partial charge in [0.15, 0.2) is 5.82 Å². The highest BCUT2D eigenvalue weighted by molar-refractivity contribution is 5.81. The van der Waals surface area contributed by atoms with Crippen LogP contribution in [-0.4, -0.2) is 30.1 Å². The van der Waals surface area contributed by atoms with Gasteiger partial charge >= 0.3 is 0 Å². The van der Waals surface area contributed by atoms with Crippen molar-refractivity contribution in [1.29, 1.82) is 0 Å². The average molecular weight is 465 g/mol. The Bertz CT molecular complexity index is 1460. The highest BCUT2D eigenvalue weighted by Crippen LogP contribution is 2.17. The fourth-order valence-corrected chi connectivity index (χ4v) is 4.39. The topological polar surface area (TPSA) is 79.7 Å². The van der Waals surface area contributed by atoms with E-state index in [1.165, 1.54) is 11.1 Å². The molecule has 0 atom stereocenters. The lowest BCUT2D eigenvalue weighted by atomic mass is 10.1. The number of tetrazole rings is 1. The smallest absolute Gasteiger partial charge is 0.252 e. The van der Waals surface area contributed by atoms with E-state index >= 15 is 0 Å². The monoisotopic (exact) mass is 464 g/mol. The van der Waals surface area contributed by atoms with Crippen LogP contribution in [0.15, 0.2) is 89.7 Å². The molecule has 2 heterocycles. The molecule has 35 heavy (non-hydrogen) atoms. The second kappa shape index (κ2) is 10.4. The van der Waals surface area contributed by atoms with Crippen LogP contribution in [0.2, 0.25) is 0 Å². The van der Waals surface area contributed by atoms with Gasteiger partial charge in [-0.05, 0) is 51.9 Å². The first kappa shape index (κ1) is 22.7. The van der Waals surface area contributed by atoms with Gasteiger partial charge in [-0.2, -0.15) is 0 Å². The molecule has 0 aliphatic carbocycles. The van der Waals surface area contributed by atoms with Gasteiger partial charge in [0.25, 0.3) is 5.56 Å². The van der Waals surface area contributed by atoms with Crippen molar-refractivity contribution in [2.45, 2.75) is 39.5 Å². The molecule has 5 rings (SSSR count). The first-order chi connectivity index (χ1) is 17.2. The van der Waals surface area contributed by atoms with E-state index in [9.17, 15) is 4.79 Å². The van der Waals surface area contributed by atoms with Crippen LogP contribution in [0, 0.1) is 6.92 Å². The van der Waals surface area contributed by atoms with Crippen LogP contribution in [-0.2, 0) is 32.6 Å². The van der Waals surface area contributed by atoms with Crippen LogP contribution in [0.4, 0.5) is 0 Å². The van der Waals surface area contributed by atoms with E-state index < -0.39 is 0 Å². The van der Waals surface area contributed by atoms with Gasteiger partial charge in [-0.15, -0.1) is 5.10 Å². The first-order valence-corrected chi connectivity index (χ1v) is 11.8. The number of nitrogens with zero attached hydrogens (tertiary/aromatic N) is 5. The number of pyridine rings is 1. The van der Waals surface area contributed by atoms with E-state index in [4.69, 9.17) is 0 Å². The summed E-state index contributed by atoms with van der Waals surface area (Å²) in [5, 5.41) is 13.5. The predicted octanol–water partition coefficient (Wildman–Crippen LogP) is 4.27. The molecule has 3 aromatic carbocycles. The first-order valence-electron chi connectivity index (χ1n) is 11.8.